The lowest BCUT2D eigenvalue weighted by molar-refractivity contribution is -0.116. The molecule has 2 aromatic carbocycles. The van der Waals surface area contributed by atoms with Gasteiger partial charge >= 0.3 is 0 Å². The maximum Gasteiger partial charge on any atom is 0.227 e. The van der Waals surface area contributed by atoms with Crippen molar-refractivity contribution in [3.05, 3.63) is 54.1 Å². The predicted octanol–water partition coefficient (Wildman–Crippen LogP) is 2.95. The lowest BCUT2D eigenvalue weighted by Gasteiger charge is -2.09. The van der Waals surface area contributed by atoms with Gasteiger partial charge in [0, 0.05) is 0 Å². The molecule has 1 amide bonds. The second-order valence-corrected chi connectivity index (χ2v) is 4.33. The molecular weight excluding hydrogens is 278 g/mol. The van der Waals surface area contributed by atoms with E-state index in [1.807, 2.05) is 0 Å². The van der Waals surface area contributed by atoms with Crippen molar-refractivity contribution in [3.63, 3.8) is 0 Å². The van der Waals surface area contributed by atoms with Crippen LogP contribution in [0.15, 0.2) is 42.5 Å². The Balaban J connectivity index is 1.81. The first-order valence-corrected chi connectivity index (χ1v) is 6.28. The molecule has 0 saturated heterocycles. The maximum absolute atomic E-state index is 12.9. The van der Waals surface area contributed by atoms with Gasteiger partial charge in [-0.3, -0.25) is 4.79 Å². The molecule has 0 aliphatic heterocycles. The number of nitrogens with one attached hydrogen (secondary N) is 1. The molecule has 0 aliphatic rings. The first-order valence-electron chi connectivity index (χ1n) is 6.28. The van der Waals surface area contributed by atoms with E-state index in [9.17, 15) is 13.6 Å². The number of nitrogens with two attached hydrogens (primary N) is 1. The standard InChI is InChI=1S/C15H14F2N2O2/c16-10-1-4-12(5-2-10)21-8-7-15(20)19-14-6-3-11(17)9-13(14)18/h1-6,9H,7-8,18H2,(H,19,20). The Morgan fingerprint density at radius 3 is 2.43 bits per heavy atom. The van der Waals surface area contributed by atoms with E-state index in [0.717, 1.165) is 6.07 Å². The molecule has 21 heavy (non-hydrogen) atoms. The highest BCUT2D eigenvalue weighted by molar-refractivity contribution is 5.93. The van der Waals surface area contributed by atoms with E-state index in [4.69, 9.17) is 10.5 Å². The number of benzene rings is 2. The van der Waals surface area contributed by atoms with Gasteiger partial charge in [-0.2, -0.15) is 0 Å². The highest BCUT2D eigenvalue weighted by Gasteiger charge is 2.06. The van der Waals surface area contributed by atoms with Crippen LogP contribution >= 0.6 is 0 Å². The zero-order chi connectivity index (χ0) is 15.2. The maximum atomic E-state index is 12.9. The highest BCUT2D eigenvalue weighted by atomic mass is 19.1. The van der Waals surface area contributed by atoms with Gasteiger partial charge < -0.3 is 15.8 Å². The number of halogens is 2. The molecule has 0 aliphatic carbocycles. The van der Waals surface area contributed by atoms with Gasteiger partial charge in [-0.25, -0.2) is 8.78 Å². The minimum atomic E-state index is -0.467. The van der Waals surface area contributed by atoms with Crippen LogP contribution in [0.4, 0.5) is 20.2 Å². The largest absolute Gasteiger partial charge is 0.493 e. The van der Waals surface area contributed by atoms with Crippen LogP contribution in [0.5, 0.6) is 5.75 Å². The minimum absolute atomic E-state index is 0.0915. The summed E-state index contributed by atoms with van der Waals surface area (Å²) in [6.45, 7) is 0.137. The van der Waals surface area contributed by atoms with Crippen LogP contribution in [0, 0.1) is 11.6 Å². The third-order valence-electron chi connectivity index (χ3n) is 2.70. The second-order valence-electron chi connectivity index (χ2n) is 4.33. The molecule has 0 radical (unpaired) electrons. The summed E-state index contributed by atoms with van der Waals surface area (Å²) in [5.41, 5.74) is 6.09. The minimum Gasteiger partial charge on any atom is -0.493 e. The smallest absolute Gasteiger partial charge is 0.227 e. The summed E-state index contributed by atoms with van der Waals surface area (Å²) >= 11 is 0. The normalized spacial score (nSPS) is 10.2. The SMILES string of the molecule is Nc1cc(F)ccc1NC(=O)CCOc1ccc(F)cc1. The fourth-order valence-corrected chi connectivity index (χ4v) is 1.65. The molecule has 0 saturated carbocycles. The Kier molecular flexibility index (Phi) is 4.71. The van der Waals surface area contributed by atoms with Crippen molar-refractivity contribution in [1.29, 1.82) is 0 Å². The Morgan fingerprint density at radius 2 is 1.76 bits per heavy atom. The molecule has 3 N–H and O–H groups in total. The lowest BCUT2D eigenvalue weighted by atomic mass is 10.2. The first-order chi connectivity index (χ1) is 10.0. The van der Waals surface area contributed by atoms with Crippen LogP contribution in [0.2, 0.25) is 0 Å². The average Bonchev–Trinajstić information content (AvgIpc) is 2.44. The summed E-state index contributed by atoms with van der Waals surface area (Å²) in [6, 6.07) is 9.23. The Morgan fingerprint density at radius 1 is 1.10 bits per heavy atom. The van der Waals surface area contributed by atoms with Crippen LogP contribution in [-0.2, 0) is 4.79 Å². The number of anilines is 2. The van der Waals surface area contributed by atoms with Gasteiger partial charge in [0.05, 0.1) is 24.4 Å². The summed E-state index contributed by atoms with van der Waals surface area (Å²) in [5.74, 6) is -0.655. The van der Waals surface area contributed by atoms with Crippen molar-refractivity contribution in [2.45, 2.75) is 6.42 Å². The molecule has 4 nitrogen and oxygen atoms in total. The summed E-state index contributed by atoms with van der Waals surface area (Å²) in [7, 11) is 0. The van der Waals surface area contributed by atoms with Gasteiger partial charge in [0.2, 0.25) is 5.91 Å². The summed E-state index contributed by atoms with van der Waals surface area (Å²) in [6.07, 6.45) is 0.0915. The fourth-order valence-electron chi connectivity index (χ4n) is 1.65. The van der Waals surface area contributed by atoms with Crippen LogP contribution < -0.4 is 15.8 Å². The predicted molar refractivity (Wildman–Crippen MR) is 76.0 cm³/mol. The summed E-state index contributed by atoms with van der Waals surface area (Å²) in [4.78, 5) is 11.7. The quantitative estimate of drug-likeness (QED) is 0.833. The molecule has 0 bridgehead atoms. The van der Waals surface area contributed by atoms with Crippen molar-refractivity contribution in [2.24, 2.45) is 0 Å². The zero-order valence-corrected chi connectivity index (χ0v) is 11.1. The topological polar surface area (TPSA) is 64.3 Å². The Hall–Kier alpha value is -2.63. The van der Waals surface area contributed by atoms with Gasteiger partial charge in [-0.05, 0) is 42.5 Å². The van der Waals surface area contributed by atoms with Gasteiger partial charge in [-0.1, -0.05) is 0 Å². The molecule has 0 unspecified atom stereocenters. The summed E-state index contributed by atoms with van der Waals surface area (Å²) in [5, 5.41) is 2.56. The van der Waals surface area contributed by atoms with E-state index in [1.165, 1.54) is 36.4 Å². The van der Waals surface area contributed by atoms with Crippen molar-refractivity contribution >= 4 is 17.3 Å². The number of carbonyl (C=O) groups excluding carboxylic acids is 1. The van der Waals surface area contributed by atoms with Gasteiger partial charge in [0.25, 0.3) is 0 Å². The third kappa shape index (κ3) is 4.45. The number of carbonyl (C=O) groups is 1. The van der Waals surface area contributed by atoms with E-state index < -0.39 is 5.82 Å². The van der Waals surface area contributed by atoms with Crippen LogP contribution in [-0.4, -0.2) is 12.5 Å². The molecule has 110 valence electrons. The van der Waals surface area contributed by atoms with E-state index in [1.54, 1.807) is 0 Å². The number of amides is 1. The monoisotopic (exact) mass is 292 g/mol. The van der Waals surface area contributed by atoms with Crippen LogP contribution in [0.3, 0.4) is 0 Å². The van der Waals surface area contributed by atoms with Gasteiger partial charge in [0.1, 0.15) is 17.4 Å². The van der Waals surface area contributed by atoms with Crippen molar-refractivity contribution in [1.82, 2.24) is 0 Å². The number of hydrogen-bond donors (Lipinski definition) is 2. The van der Waals surface area contributed by atoms with Gasteiger partial charge in [0.15, 0.2) is 0 Å². The third-order valence-corrected chi connectivity index (χ3v) is 2.70. The number of hydrogen-bond acceptors (Lipinski definition) is 3. The van der Waals surface area contributed by atoms with Crippen LogP contribution in [0.1, 0.15) is 6.42 Å². The molecule has 6 heteroatoms. The number of rotatable bonds is 5. The first kappa shape index (κ1) is 14.8. The molecule has 0 aromatic heterocycles. The molecule has 0 atom stereocenters. The molecule has 0 fully saturated rings. The van der Waals surface area contributed by atoms with Gasteiger partial charge in [-0.15, -0.1) is 0 Å². The number of nitrogen functional groups attached to an aromatic ring is 1. The molecule has 0 spiro atoms. The van der Waals surface area contributed by atoms with E-state index >= 15 is 0 Å². The van der Waals surface area contributed by atoms with Crippen molar-refractivity contribution < 1.29 is 18.3 Å². The molecular formula is C15H14F2N2O2. The van der Waals surface area contributed by atoms with E-state index in [2.05, 4.69) is 5.32 Å². The number of ether oxygens (including phenoxy) is 1. The van der Waals surface area contributed by atoms with E-state index in [-0.39, 0.29) is 30.4 Å². The van der Waals surface area contributed by atoms with Crippen LogP contribution in [0.25, 0.3) is 0 Å². The van der Waals surface area contributed by atoms with Crippen molar-refractivity contribution in [2.75, 3.05) is 17.7 Å². The Labute approximate surface area is 120 Å². The Bertz CT molecular complexity index is 630. The lowest BCUT2D eigenvalue weighted by Crippen LogP contribution is -2.16. The second kappa shape index (κ2) is 6.69. The zero-order valence-electron chi connectivity index (χ0n) is 11.1. The molecule has 2 rings (SSSR count). The van der Waals surface area contributed by atoms with E-state index in [0.29, 0.717) is 11.4 Å². The highest BCUT2D eigenvalue weighted by Crippen LogP contribution is 2.19. The van der Waals surface area contributed by atoms with Crippen molar-refractivity contribution in [3.8, 4) is 5.75 Å². The fraction of sp³-hybridized carbons (Fsp3) is 0.133. The molecule has 2 aromatic rings. The molecule has 0 heterocycles. The summed E-state index contributed by atoms with van der Waals surface area (Å²) < 4.78 is 30.9. The average molecular weight is 292 g/mol.